The first-order valence-electron chi connectivity index (χ1n) is 5.31. The van der Waals surface area contributed by atoms with Crippen LogP contribution in [-0.4, -0.2) is 17.1 Å². The molecule has 86 valence electrons. The lowest BCUT2D eigenvalue weighted by atomic mass is 10.0. The molecule has 1 atom stereocenters. The van der Waals surface area contributed by atoms with E-state index >= 15 is 0 Å². The third-order valence-electron chi connectivity index (χ3n) is 2.39. The molecular weight excluding hydrogens is 202 g/mol. The van der Waals surface area contributed by atoms with Crippen LogP contribution in [0.25, 0.3) is 0 Å². The quantitative estimate of drug-likeness (QED) is 0.742. The van der Waals surface area contributed by atoms with Crippen LogP contribution in [-0.2, 0) is 17.6 Å². The number of allylic oxidation sites excluding steroid dienone is 2. The van der Waals surface area contributed by atoms with Gasteiger partial charge >= 0.3 is 5.97 Å². The van der Waals surface area contributed by atoms with Crippen molar-refractivity contribution in [2.75, 3.05) is 0 Å². The van der Waals surface area contributed by atoms with Crippen molar-refractivity contribution < 1.29 is 9.90 Å². The number of hydrogen-bond acceptors (Lipinski definition) is 2. The van der Waals surface area contributed by atoms with Crippen LogP contribution in [0, 0.1) is 0 Å². The van der Waals surface area contributed by atoms with Crippen molar-refractivity contribution in [3.63, 3.8) is 0 Å². The third-order valence-corrected chi connectivity index (χ3v) is 2.39. The Bertz CT molecular complexity index is 368. The van der Waals surface area contributed by atoms with Crippen molar-refractivity contribution in [2.45, 2.75) is 25.8 Å². The summed E-state index contributed by atoms with van der Waals surface area (Å²) in [6, 6.07) is 7.05. The smallest absolute Gasteiger partial charge is 0.320 e. The van der Waals surface area contributed by atoms with Gasteiger partial charge < -0.3 is 10.8 Å². The van der Waals surface area contributed by atoms with Gasteiger partial charge in [-0.2, -0.15) is 0 Å². The summed E-state index contributed by atoms with van der Waals surface area (Å²) in [5.41, 5.74) is 7.63. The second-order valence-electron chi connectivity index (χ2n) is 3.74. The van der Waals surface area contributed by atoms with Gasteiger partial charge in [-0.25, -0.2) is 0 Å². The van der Waals surface area contributed by atoms with Crippen molar-refractivity contribution in [3.8, 4) is 0 Å². The molecule has 0 spiro atoms. The van der Waals surface area contributed by atoms with Gasteiger partial charge in [0.15, 0.2) is 0 Å². The van der Waals surface area contributed by atoms with Crippen molar-refractivity contribution in [1.82, 2.24) is 0 Å². The lowest BCUT2D eigenvalue weighted by Gasteiger charge is -2.06. The number of hydrogen-bond donors (Lipinski definition) is 2. The maximum absolute atomic E-state index is 10.6. The zero-order valence-corrected chi connectivity index (χ0v) is 9.39. The Balaban J connectivity index is 2.60. The van der Waals surface area contributed by atoms with E-state index in [1.807, 2.05) is 37.3 Å². The fourth-order valence-electron chi connectivity index (χ4n) is 1.41. The molecule has 0 amide bonds. The molecule has 1 aromatic carbocycles. The summed E-state index contributed by atoms with van der Waals surface area (Å²) >= 11 is 0. The van der Waals surface area contributed by atoms with E-state index in [1.54, 1.807) is 0 Å². The van der Waals surface area contributed by atoms with Gasteiger partial charge in [0, 0.05) is 0 Å². The van der Waals surface area contributed by atoms with E-state index in [9.17, 15) is 4.79 Å². The van der Waals surface area contributed by atoms with Gasteiger partial charge in [0.05, 0.1) is 0 Å². The molecule has 0 aliphatic carbocycles. The predicted octanol–water partition coefficient (Wildman–Crippen LogP) is 1.76. The lowest BCUT2D eigenvalue weighted by Crippen LogP contribution is -2.32. The molecule has 3 nitrogen and oxygen atoms in total. The van der Waals surface area contributed by atoms with Crippen LogP contribution in [0.5, 0.6) is 0 Å². The van der Waals surface area contributed by atoms with E-state index in [2.05, 4.69) is 6.08 Å². The summed E-state index contributed by atoms with van der Waals surface area (Å²) in [5.74, 6) is -0.960. The summed E-state index contributed by atoms with van der Waals surface area (Å²) in [4.78, 5) is 10.6. The van der Waals surface area contributed by atoms with Crippen molar-refractivity contribution in [2.24, 2.45) is 5.73 Å². The van der Waals surface area contributed by atoms with Gasteiger partial charge in [-0.3, -0.25) is 4.79 Å². The Morgan fingerprint density at radius 1 is 1.38 bits per heavy atom. The van der Waals surface area contributed by atoms with Gasteiger partial charge in [0.2, 0.25) is 0 Å². The second-order valence-corrected chi connectivity index (χ2v) is 3.74. The van der Waals surface area contributed by atoms with E-state index < -0.39 is 12.0 Å². The standard InChI is InChI=1S/C13H17NO2/c1-2-3-4-10-5-7-11(8-6-10)9-12(14)13(15)16/h2-3,5-8,12H,4,9,14H2,1H3,(H,15,16)/b3-2+/t12-/m0/s1. The molecule has 0 aliphatic rings. The minimum absolute atomic E-state index is 0.374. The van der Waals surface area contributed by atoms with Crippen LogP contribution in [0.2, 0.25) is 0 Å². The van der Waals surface area contributed by atoms with Gasteiger partial charge in [0.1, 0.15) is 6.04 Å². The van der Waals surface area contributed by atoms with Crippen molar-refractivity contribution >= 4 is 5.97 Å². The maximum atomic E-state index is 10.6. The van der Waals surface area contributed by atoms with Gasteiger partial charge in [0.25, 0.3) is 0 Å². The molecule has 0 aliphatic heterocycles. The third kappa shape index (κ3) is 3.87. The van der Waals surface area contributed by atoms with Crippen LogP contribution in [0.1, 0.15) is 18.1 Å². The minimum Gasteiger partial charge on any atom is -0.480 e. The molecule has 1 aromatic rings. The zero-order chi connectivity index (χ0) is 12.0. The highest BCUT2D eigenvalue weighted by Gasteiger charge is 2.11. The summed E-state index contributed by atoms with van der Waals surface area (Å²) < 4.78 is 0. The zero-order valence-electron chi connectivity index (χ0n) is 9.39. The summed E-state index contributed by atoms with van der Waals surface area (Å²) in [7, 11) is 0. The monoisotopic (exact) mass is 219 g/mol. The van der Waals surface area contributed by atoms with Crippen LogP contribution in [0.15, 0.2) is 36.4 Å². The summed E-state index contributed by atoms with van der Waals surface area (Å²) in [5, 5.41) is 8.68. The molecule has 0 saturated heterocycles. The lowest BCUT2D eigenvalue weighted by molar-refractivity contribution is -0.138. The molecule has 0 fully saturated rings. The topological polar surface area (TPSA) is 63.3 Å². The number of benzene rings is 1. The van der Waals surface area contributed by atoms with E-state index in [-0.39, 0.29) is 0 Å². The highest BCUT2D eigenvalue weighted by atomic mass is 16.4. The molecule has 3 N–H and O–H groups in total. The highest BCUT2D eigenvalue weighted by molar-refractivity contribution is 5.73. The van der Waals surface area contributed by atoms with Gasteiger partial charge in [-0.1, -0.05) is 36.4 Å². The predicted molar refractivity (Wildman–Crippen MR) is 64.3 cm³/mol. The molecule has 0 bridgehead atoms. The first-order valence-corrected chi connectivity index (χ1v) is 5.31. The fraction of sp³-hybridized carbons (Fsp3) is 0.308. The number of aliphatic carboxylic acids is 1. The second kappa shape index (κ2) is 6.08. The molecule has 0 radical (unpaired) electrons. The number of carbonyl (C=O) groups is 1. The molecule has 1 rings (SSSR count). The number of nitrogens with two attached hydrogens (primary N) is 1. The normalized spacial score (nSPS) is 12.9. The highest BCUT2D eigenvalue weighted by Crippen LogP contribution is 2.07. The summed E-state index contributed by atoms with van der Waals surface area (Å²) in [6.45, 7) is 1.99. The molecule has 16 heavy (non-hydrogen) atoms. The maximum Gasteiger partial charge on any atom is 0.320 e. The largest absolute Gasteiger partial charge is 0.480 e. The van der Waals surface area contributed by atoms with E-state index in [0.29, 0.717) is 6.42 Å². The van der Waals surface area contributed by atoms with E-state index in [4.69, 9.17) is 10.8 Å². The number of carboxylic acids is 1. The molecular formula is C13H17NO2. The Morgan fingerprint density at radius 2 is 1.94 bits per heavy atom. The van der Waals surface area contributed by atoms with Crippen molar-refractivity contribution in [3.05, 3.63) is 47.5 Å². The van der Waals surface area contributed by atoms with Crippen LogP contribution in [0.3, 0.4) is 0 Å². The Hall–Kier alpha value is -1.61. The van der Waals surface area contributed by atoms with Gasteiger partial charge in [-0.05, 0) is 30.9 Å². The Morgan fingerprint density at radius 3 is 2.44 bits per heavy atom. The Labute approximate surface area is 95.6 Å². The van der Waals surface area contributed by atoms with Crippen LogP contribution < -0.4 is 5.73 Å². The first kappa shape index (κ1) is 12.5. The first-order chi connectivity index (χ1) is 7.63. The average molecular weight is 219 g/mol. The average Bonchev–Trinajstić information content (AvgIpc) is 2.28. The van der Waals surface area contributed by atoms with Crippen LogP contribution >= 0.6 is 0 Å². The van der Waals surface area contributed by atoms with E-state index in [1.165, 1.54) is 5.56 Å². The molecule has 0 saturated carbocycles. The minimum atomic E-state index is -0.960. The van der Waals surface area contributed by atoms with Crippen LogP contribution in [0.4, 0.5) is 0 Å². The van der Waals surface area contributed by atoms with E-state index in [0.717, 1.165) is 12.0 Å². The summed E-state index contributed by atoms with van der Waals surface area (Å²) in [6.07, 6.45) is 5.37. The molecule has 0 unspecified atom stereocenters. The number of carboxylic acid groups (broad SMARTS) is 1. The molecule has 0 aromatic heterocycles. The fourth-order valence-corrected chi connectivity index (χ4v) is 1.41. The Kier molecular flexibility index (Phi) is 4.73. The van der Waals surface area contributed by atoms with Gasteiger partial charge in [-0.15, -0.1) is 0 Å². The SMILES string of the molecule is C/C=C/Cc1ccc(C[C@H](N)C(=O)O)cc1. The molecule has 0 heterocycles. The molecule has 3 heteroatoms. The number of rotatable bonds is 5. The van der Waals surface area contributed by atoms with Crippen molar-refractivity contribution in [1.29, 1.82) is 0 Å².